The van der Waals surface area contributed by atoms with Crippen molar-refractivity contribution in [3.05, 3.63) is 23.3 Å². The number of nitriles is 1. The Bertz CT molecular complexity index is 1380. The normalized spacial score (nSPS) is 37.9. The van der Waals surface area contributed by atoms with E-state index in [1.165, 1.54) is 186 Å². The van der Waals surface area contributed by atoms with Gasteiger partial charge in [-0.25, -0.2) is 0 Å². The Hall–Kier alpha value is -1.03. The van der Waals surface area contributed by atoms with Crippen LogP contribution in [0.2, 0.25) is 0 Å². The maximum absolute atomic E-state index is 9.05. The SMILES string of the molecule is N#CCCCCCCCC1CCC2C(C1)C(C1CCC(C=C(C3CCCCC3)C3CCCCC3)CC1)C1CCCCC1C2C1CCC(C=C(C2CCCCC2)C2CCCCC2)CC1. The van der Waals surface area contributed by atoms with E-state index < -0.39 is 0 Å². The van der Waals surface area contributed by atoms with Gasteiger partial charge in [-0.1, -0.05) is 152 Å². The van der Waals surface area contributed by atoms with Gasteiger partial charge < -0.3 is 0 Å². The molecule has 9 aliphatic rings. The van der Waals surface area contributed by atoms with Crippen molar-refractivity contribution in [3.63, 3.8) is 0 Å². The Morgan fingerprint density at radius 2 is 0.746 bits per heavy atom. The second-order valence-corrected chi connectivity index (χ2v) is 25.3. The summed E-state index contributed by atoms with van der Waals surface area (Å²) in [6.45, 7) is 0. The number of hydrogen-bond acceptors (Lipinski definition) is 1. The molecule has 0 aliphatic heterocycles. The monoisotopic (exact) mass is 860 g/mol. The van der Waals surface area contributed by atoms with Crippen LogP contribution in [0.5, 0.6) is 0 Å². The first-order valence-corrected chi connectivity index (χ1v) is 30.0. The molecule has 0 saturated heterocycles. The van der Waals surface area contributed by atoms with Gasteiger partial charge in [-0.05, 0) is 224 Å². The quantitative estimate of drug-likeness (QED) is 0.119. The van der Waals surface area contributed by atoms with E-state index in [2.05, 4.69) is 18.2 Å². The highest BCUT2D eigenvalue weighted by molar-refractivity contribution is 5.17. The molecule has 7 atom stereocenters. The molecule has 7 unspecified atom stereocenters. The van der Waals surface area contributed by atoms with Gasteiger partial charge in [0, 0.05) is 6.42 Å². The van der Waals surface area contributed by atoms with Gasteiger partial charge in [0.1, 0.15) is 0 Å². The molecule has 0 N–H and O–H groups in total. The summed E-state index contributed by atoms with van der Waals surface area (Å²) in [5.41, 5.74) is 4.02. The van der Waals surface area contributed by atoms with Crippen molar-refractivity contribution < 1.29 is 0 Å². The lowest BCUT2D eigenvalue weighted by molar-refractivity contribution is -0.121. The maximum Gasteiger partial charge on any atom is 0.0621 e. The molecule has 0 aromatic carbocycles. The Labute approximate surface area is 391 Å². The van der Waals surface area contributed by atoms with Gasteiger partial charge in [-0.15, -0.1) is 0 Å². The number of allylic oxidation sites excluding steroid dienone is 4. The lowest BCUT2D eigenvalue weighted by Crippen LogP contribution is -2.54. The van der Waals surface area contributed by atoms with Gasteiger partial charge in [0.25, 0.3) is 0 Å². The van der Waals surface area contributed by atoms with Crippen molar-refractivity contribution in [1.82, 2.24) is 0 Å². The van der Waals surface area contributed by atoms with Gasteiger partial charge in [0.05, 0.1) is 6.07 Å². The van der Waals surface area contributed by atoms with Crippen molar-refractivity contribution in [3.8, 4) is 6.07 Å². The molecule has 0 bridgehead atoms. The molecule has 0 amide bonds. The van der Waals surface area contributed by atoms with Crippen molar-refractivity contribution in [1.29, 1.82) is 5.26 Å². The van der Waals surface area contributed by atoms with Crippen LogP contribution in [0.4, 0.5) is 0 Å². The summed E-state index contributed by atoms with van der Waals surface area (Å²) in [5, 5.41) is 9.05. The number of hydrogen-bond donors (Lipinski definition) is 0. The van der Waals surface area contributed by atoms with E-state index in [0.29, 0.717) is 0 Å². The second kappa shape index (κ2) is 24.3. The van der Waals surface area contributed by atoms with Crippen molar-refractivity contribution in [2.24, 2.45) is 88.8 Å². The fourth-order valence-electron chi connectivity index (χ4n) is 18.7. The molecular formula is C62H101N. The predicted molar refractivity (Wildman–Crippen MR) is 268 cm³/mol. The molecule has 0 aromatic heterocycles. The minimum Gasteiger partial charge on any atom is -0.198 e. The smallest absolute Gasteiger partial charge is 0.0621 e. The molecule has 1 heteroatoms. The summed E-state index contributed by atoms with van der Waals surface area (Å²) < 4.78 is 0. The number of unbranched alkanes of at least 4 members (excludes halogenated alkanes) is 5. The average Bonchev–Trinajstić information content (AvgIpc) is 3.35. The van der Waals surface area contributed by atoms with Crippen LogP contribution in [0.3, 0.4) is 0 Å². The minimum atomic E-state index is 0.761. The van der Waals surface area contributed by atoms with Crippen LogP contribution >= 0.6 is 0 Å². The molecule has 63 heavy (non-hydrogen) atoms. The molecule has 0 heterocycles. The third-order valence-electron chi connectivity index (χ3n) is 21.7. The first-order valence-electron chi connectivity index (χ1n) is 30.0. The van der Waals surface area contributed by atoms with E-state index in [1.54, 1.807) is 70.6 Å². The Morgan fingerprint density at radius 3 is 1.19 bits per heavy atom. The zero-order valence-electron chi connectivity index (χ0n) is 41.5. The zero-order chi connectivity index (χ0) is 42.6. The summed E-state index contributed by atoms with van der Waals surface area (Å²) in [4.78, 5) is 0. The number of rotatable bonds is 15. The Balaban J connectivity index is 0.902. The maximum atomic E-state index is 9.05. The van der Waals surface area contributed by atoms with Crippen LogP contribution in [0.15, 0.2) is 23.3 Å². The Morgan fingerprint density at radius 1 is 0.365 bits per heavy atom. The highest BCUT2D eigenvalue weighted by Gasteiger charge is 2.56. The van der Waals surface area contributed by atoms with Crippen LogP contribution in [0.1, 0.15) is 270 Å². The average molecular weight is 860 g/mol. The second-order valence-electron chi connectivity index (χ2n) is 25.3. The van der Waals surface area contributed by atoms with Gasteiger partial charge in [-0.2, -0.15) is 5.26 Å². The molecule has 9 aliphatic carbocycles. The van der Waals surface area contributed by atoms with Crippen LogP contribution < -0.4 is 0 Å². The van der Waals surface area contributed by atoms with Crippen molar-refractivity contribution >= 4 is 0 Å². The fraction of sp³-hybridized carbons (Fsp3) is 0.919. The van der Waals surface area contributed by atoms with Gasteiger partial charge >= 0.3 is 0 Å². The predicted octanol–water partition coefficient (Wildman–Crippen LogP) is 19.1. The largest absolute Gasteiger partial charge is 0.198 e. The highest BCUT2D eigenvalue weighted by Crippen LogP contribution is 2.63. The van der Waals surface area contributed by atoms with E-state index >= 15 is 0 Å². The third-order valence-corrected chi connectivity index (χ3v) is 21.7. The number of nitrogens with zero attached hydrogens (tertiary/aromatic N) is 1. The standard InChI is InChI=1S/C62H101N/c63-42-20-4-2-1-3-9-21-46-36-41-57-60(45-46)62(54-39-34-48(35-40-54)44-59(51-26-14-7-15-27-51)52-28-16-8-17-29-52)56-31-19-18-30-55(56)61(57)53-37-32-47(33-38-53)43-58(49-22-10-5-11-23-49)50-24-12-6-13-25-50/h43-44,46-57,60-62H,1-41,45H2. The molecule has 0 spiro atoms. The highest BCUT2D eigenvalue weighted by atomic mass is 14.6. The van der Waals surface area contributed by atoms with E-state index in [0.717, 1.165) is 102 Å². The summed E-state index contributed by atoms with van der Waals surface area (Å²) >= 11 is 0. The van der Waals surface area contributed by atoms with Gasteiger partial charge in [-0.3, -0.25) is 0 Å². The van der Waals surface area contributed by atoms with E-state index in [-0.39, 0.29) is 0 Å². The van der Waals surface area contributed by atoms with Crippen molar-refractivity contribution in [2.45, 2.75) is 270 Å². The summed E-state index contributed by atoms with van der Waals surface area (Å²) in [7, 11) is 0. The van der Waals surface area contributed by atoms with Gasteiger partial charge in [0.2, 0.25) is 0 Å². The van der Waals surface area contributed by atoms with Crippen LogP contribution in [-0.4, -0.2) is 0 Å². The van der Waals surface area contributed by atoms with E-state index in [4.69, 9.17) is 5.26 Å². The van der Waals surface area contributed by atoms with Crippen LogP contribution in [-0.2, 0) is 0 Å². The summed E-state index contributed by atoms with van der Waals surface area (Å²) in [5.74, 6) is 15.0. The lowest BCUT2D eigenvalue weighted by Gasteiger charge is -2.61. The minimum absolute atomic E-state index is 0.761. The lowest BCUT2D eigenvalue weighted by atomic mass is 9.44. The number of fused-ring (bicyclic) bond motifs is 2. The summed E-state index contributed by atoms with van der Waals surface area (Å²) in [6.07, 6.45) is 68.4. The van der Waals surface area contributed by atoms with Crippen molar-refractivity contribution in [2.75, 3.05) is 0 Å². The Kier molecular flexibility index (Phi) is 18.2. The molecular weight excluding hydrogens is 759 g/mol. The third kappa shape index (κ3) is 12.2. The topological polar surface area (TPSA) is 23.8 Å². The molecule has 1 nitrogen and oxygen atoms in total. The molecule has 9 fully saturated rings. The zero-order valence-corrected chi connectivity index (χ0v) is 41.5. The molecule has 9 saturated carbocycles. The van der Waals surface area contributed by atoms with Crippen LogP contribution in [0, 0.1) is 100 Å². The first kappa shape index (κ1) is 47.1. The van der Waals surface area contributed by atoms with Gasteiger partial charge in [0.15, 0.2) is 0 Å². The molecule has 354 valence electrons. The molecule has 0 radical (unpaired) electrons. The first-order chi connectivity index (χ1) is 31.2. The fourth-order valence-corrected chi connectivity index (χ4v) is 18.7. The van der Waals surface area contributed by atoms with E-state index in [9.17, 15) is 0 Å². The molecule has 0 aromatic rings. The molecule has 9 rings (SSSR count). The van der Waals surface area contributed by atoms with Crippen LogP contribution in [0.25, 0.3) is 0 Å². The summed E-state index contributed by atoms with van der Waals surface area (Å²) in [6, 6.07) is 2.38. The van der Waals surface area contributed by atoms with E-state index in [1.807, 2.05) is 11.1 Å².